The van der Waals surface area contributed by atoms with Gasteiger partial charge in [0.15, 0.2) is 0 Å². The number of alkyl halides is 3. The van der Waals surface area contributed by atoms with Crippen molar-refractivity contribution in [2.24, 2.45) is 11.8 Å². The molecule has 37 heavy (non-hydrogen) atoms. The number of carbonyl (C=O) groups is 1. The van der Waals surface area contributed by atoms with Crippen molar-refractivity contribution in [3.8, 4) is 5.75 Å². The molecule has 0 radical (unpaired) electrons. The third kappa shape index (κ3) is 7.47. The fourth-order valence-corrected chi connectivity index (χ4v) is 4.72. The van der Waals surface area contributed by atoms with Crippen molar-refractivity contribution >= 4 is 28.6 Å². The van der Waals surface area contributed by atoms with Gasteiger partial charge in [-0.05, 0) is 55.7 Å². The Bertz CT molecular complexity index is 1210. The van der Waals surface area contributed by atoms with Gasteiger partial charge in [-0.15, -0.1) is 13.2 Å². The second-order valence-electron chi connectivity index (χ2n) is 9.69. The molecule has 2 N–H and O–H groups in total. The second kappa shape index (κ2) is 11.7. The summed E-state index contributed by atoms with van der Waals surface area (Å²) in [6, 6.07) is 13.7. The van der Waals surface area contributed by atoms with Gasteiger partial charge in [0.05, 0.1) is 11.9 Å². The highest BCUT2D eigenvalue weighted by Gasteiger charge is 2.32. The van der Waals surface area contributed by atoms with Gasteiger partial charge in [-0.1, -0.05) is 30.3 Å². The molecule has 7 nitrogen and oxygen atoms in total. The van der Waals surface area contributed by atoms with Crippen LogP contribution in [0.1, 0.15) is 31.2 Å². The van der Waals surface area contributed by atoms with Crippen LogP contribution in [0.2, 0.25) is 0 Å². The van der Waals surface area contributed by atoms with E-state index < -0.39 is 6.36 Å². The van der Waals surface area contributed by atoms with E-state index in [4.69, 9.17) is 4.98 Å². The highest BCUT2D eigenvalue weighted by Crippen LogP contribution is 2.30. The second-order valence-corrected chi connectivity index (χ2v) is 9.69. The zero-order valence-corrected chi connectivity index (χ0v) is 21.0. The standard InChI is InChI=1S/C27H32F3N5O2/c1-35(2)25-21-8-4-5-9-22(21)33-26(34-25)32-17-19-13-11-18(12-14-19)16-31-24(36)15-20-7-3-6-10-23(20)37-27(28,29)30/h3-10,18-19H,11-17H2,1-2H3,(H,31,36)(H,32,33,34). The van der Waals surface area contributed by atoms with Crippen LogP contribution in [0.5, 0.6) is 5.75 Å². The van der Waals surface area contributed by atoms with E-state index in [2.05, 4.69) is 20.4 Å². The van der Waals surface area contributed by atoms with Gasteiger partial charge in [0, 0.05) is 38.1 Å². The van der Waals surface area contributed by atoms with Gasteiger partial charge >= 0.3 is 6.36 Å². The van der Waals surface area contributed by atoms with Gasteiger partial charge in [-0.25, -0.2) is 4.98 Å². The number of nitrogens with zero attached hydrogens (tertiary/aromatic N) is 3. The quantitative estimate of drug-likeness (QED) is 0.409. The average molecular weight is 516 g/mol. The van der Waals surface area contributed by atoms with Crippen LogP contribution in [0.25, 0.3) is 10.9 Å². The van der Waals surface area contributed by atoms with Crippen LogP contribution in [-0.2, 0) is 11.2 Å². The minimum absolute atomic E-state index is 0.161. The lowest BCUT2D eigenvalue weighted by molar-refractivity contribution is -0.274. The molecule has 198 valence electrons. The summed E-state index contributed by atoms with van der Waals surface area (Å²) >= 11 is 0. The SMILES string of the molecule is CN(C)c1nc(NCC2CCC(CNC(=O)Cc3ccccc3OC(F)(F)F)CC2)nc2ccccc12. The maximum Gasteiger partial charge on any atom is 0.573 e. The summed E-state index contributed by atoms with van der Waals surface area (Å²) in [6.45, 7) is 1.29. The van der Waals surface area contributed by atoms with Crippen molar-refractivity contribution in [2.75, 3.05) is 37.4 Å². The van der Waals surface area contributed by atoms with Crippen LogP contribution in [-0.4, -0.2) is 49.4 Å². The largest absolute Gasteiger partial charge is 0.573 e. The van der Waals surface area contributed by atoms with Crippen molar-refractivity contribution in [3.05, 3.63) is 54.1 Å². The number of hydrogen-bond acceptors (Lipinski definition) is 6. The fraction of sp³-hybridized carbons (Fsp3) is 0.444. The number of hydrogen-bond donors (Lipinski definition) is 2. The number of rotatable bonds is 9. The molecule has 1 amide bonds. The van der Waals surface area contributed by atoms with Gasteiger partial charge in [0.1, 0.15) is 11.6 Å². The summed E-state index contributed by atoms with van der Waals surface area (Å²) in [6.07, 6.45) is -0.973. The average Bonchev–Trinajstić information content (AvgIpc) is 2.86. The molecule has 1 aromatic heterocycles. The normalized spacial score (nSPS) is 17.9. The smallest absolute Gasteiger partial charge is 0.405 e. The molecule has 10 heteroatoms. The summed E-state index contributed by atoms with van der Waals surface area (Å²) in [4.78, 5) is 23.7. The third-order valence-corrected chi connectivity index (χ3v) is 6.66. The number of ether oxygens (including phenoxy) is 1. The topological polar surface area (TPSA) is 79.4 Å². The van der Waals surface area contributed by atoms with E-state index in [1.165, 1.54) is 18.2 Å². The predicted molar refractivity (Wildman–Crippen MR) is 138 cm³/mol. The zero-order chi connectivity index (χ0) is 26.4. The van der Waals surface area contributed by atoms with Crippen LogP contribution >= 0.6 is 0 Å². The van der Waals surface area contributed by atoms with Crippen molar-refractivity contribution < 1.29 is 22.7 Å². The summed E-state index contributed by atoms with van der Waals surface area (Å²) < 4.78 is 41.9. The maximum atomic E-state index is 12.6. The highest BCUT2D eigenvalue weighted by atomic mass is 19.4. The summed E-state index contributed by atoms with van der Waals surface area (Å²) in [7, 11) is 3.93. The van der Waals surface area contributed by atoms with E-state index in [0.717, 1.165) is 48.9 Å². The first kappa shape index (κ1) is 26.5. The lowest BCUT2D eigenvalue weighted by atomic mass is 9.82. The van der Waals surface area contributed by atoms with Gasteiger partial charge in [0.25, 0.3) is 0 Å². The van der Waals surface area contributed by atoms with Crippen molar-refractivity contribution in [1.82, 2.24) is 15.3 Å². The van der Waals surface area contributed by atoms with Gasteiger partial charge in [-0.2, -0.15) is 4.98 Å². The fourth-order valence-electron chi connectivity index (χ4n) is 4.72. The monoisotopic (exact) mass is 515 g/mol. The number of anilines is 2. The molecule has 1 saturated carbocycles. The number of carbonyl (C=O) groups excluding carboxylic acids is 1. The molecule has 0 atom stereocenters. The third-order valence-electron chi connectivity index (χ3n) is 6.66. The molecule has 0 unspecified atom stereocenters. The number of benzene rings is 2. The number of halogens is 3. The molecule has 1 fully saturated rings. The molecular formula is C27H32F3N5O2. The molecule has 1 aliphatic carbocycles. The van der Waals surface area contributed by atoms with Crippen LogP contribution in [0.4, 0.5) is 24.9 Å². The Morgan fingerprint density at radius 1 is 0.973 bits per heavy atom. The molecule has 0 saturated heterocycles. The Balaban J connectivity index is 1.22. The number of nitrogens with one attached hydrogen (secondary N) is 2. The Morgan fingerprint density at radius 2 is 1.62 bits per heavy atom. The molecule has 1 aliphatic rings. The molecule has 3 aromatic rings. The Morgan fingerprint density at radius 3 is 2.32 bits per heavy atom. The van der Waals surface area contributed by atoms with E-state index in [9.17, 15) is 18.0 Å². The van der Waals surface area contributed by atoms with Crippen LogP contribution in [0.3, 0.4) is 0 Å². The summed E-state index contributed by atoms with van der Waals surface area (Å²) in [5.41, 5.74) is 1.11. The lowest BCUT2D eigenvalue weighted by Crippen LogP contribution is -2.33. The molecule has 2 aromatic carbocycles. The minimum atomic E-state index is -4.80. The van der Waals surface area contributed by atoms with Crippen molar-refractivity contribution in [2.45, 2.75) is 38.5 Å². The first-order valence-corrected chi connectivity index (χ1v) is 12.5. The predicted octanol–water partition coefficient (Wildman–Crippen LogP) is 5.17. The number of aromatic nitrogens is 2. The lowest BCUT2D eigenvalue weighted by Gasteiger charge is -2.29. The van der Waals surface area contributed by atoms with E-state index in [-0.39, 0.29) is 23.6 Å². The van der Waals surface area contributed by atoms with Crippen molar-refractivity contribution in [1.29, 1.82) is 0 Å². The maximum absolute atomic E-state index is 12.6. The van der Waals surface area contributed by atoms with E-state index in [1.807, 2.05) is 43.3 Å². The van der Waals surface area contributed by atoms with E-state index in [0.29, 0.717) is 24.3 Å². The summed E-state index contributed by atoms with van der Waals surface area (Å²) in [5, 5.41) is 7.30. The minimum Gasteiger partial charge on any atom is -0.405 e. The Hall–Kier alpha value is -3.56. The molecule has 1 heterocycles. The van der Waals surface area contributed by atoms with Gasteiger partial charge in [0.2, 0.25) is 11.9 Å². The molecule has 0 aliphatic heterocycles. The van der Waals surface area contributed by atoms with Crippen molar-refractivity contribution in [3.63, 3.8) is 0 Å². The first-order valence-electron chi connectivity index (χ1n) is 12.5. The molecular weight excluding hydrogens is 483 g/mol. The number of para-hydroxylation sites is 2. The van der Waals surface area contributed by atoms with Crippen LogP contribution in [0, 0.1) is 11.8 Å². The first-order chi connectivity index (χ1) is 17.7. The Kier molecular flexibility index (Phi) is 8.35. The zero-order valence-electron chi connectivity index (χ0n) is 21.0. The Labute approximate surface area is 214 Å². The number of amides is 1. The van der Waals surface area contributed by atoms with E-state index in [1.54, 1.807) is 6.07 Å². The van der Waals surface area contributed by atoms with Gasteiger partial charge < -0.3 is 20.3 Å². The van der Waals surface area contributed by atoms with Crippen LogP contribution in [0.15, 0.2) is 48.5 Å². The number of fused-ring (bicyclic) bond motifs is 1. The molecule has 0 bridgehead atoms. The molecule has 4 rings (SSSR count). The highest BCUT2D eigenvalue weighted by molar-refractivity contribution is 5.90. The van der Waals surface area contributed by atoms with E-state index >= 15 is 0 Å². The summed E-state index contributed by atoms with van der Waals surface area (Å²) in [5.74, 6) is 1.67. The molecule has 0 spiro atoms. The van der Waals surface area contributed by atoms with Crippen LogP contribution < -0.4 is 20.3 Å². The van der Waals surface area contributed by atoms with Gasteiger partial charge in [-0.3, -0.25) is 4.79 Å².